The molecule has 0 aromatic heterocycles. The lowest BCUT2D eigenvalue weighted by molar-refractivity contribution is 0.0953. The quantitative estimate of drug-likeness (QED) is 0.686. The van der Waals surface area contributed by atoms with Crippen LogP contribution in [0.15, 0.2) is 59.5 Å². The van der Waals surface area contributed by atoms with Crippen molar-refractivity contribution in [3.8, 4) is 0 Å². The molecule has 0 atom stereocenters. The number of hydrogen-bond donors (Lipinski definition) is 1. The van der Waals surface area contributed by atoms with Crippen molar-refractivity contribution in [2.24, 2.45) is 0 Å². The molecule has 1 N–H and O–H groups in total. The van der Waals surface area contributed by atoms with Crippen molar-refractivity contribution in [1.29, 1.82) is 0 Å². The van der Waals surface area contributed by atoms with Crippen molar-refractivity contribution in [2.45, 2.75) is 17.7 Å². The molecule has 1 fully saturated rings. The van der Waals surface area contributed by atoms with Crippen LogP contribution in [0, 0.1) is 0 Å². The molecule has 2 aromatic carbocycles. The van der Waals surface area contributed by atoms with Crippen LogP contribution >= 0.6 is 0 Å². The van der Waals surface area contributed by atoms with Crippen LogP contribution in [0.2, 0.25) is 0 Å². The highest BCUT2D eigenvalue weighted by atomic mass is 32.2. The summed E-state index contributed by atoms with van der Waals surface area (Å²) in [5.41, 5.74) is 0.808. The van der Waals surface area contributed by atoms with E-state index in [1.165, 1.54) is 4.31 Å². The summed E-state index contributed by atoms with van der Waals surface area (Å²) in [6.45, 7) is 0.613. The second kappa shape index (κ2) is 8.32. The number of carbonyl (C=O) groups is 1. The van der Waals surface area contributed by atoms with E-state index in [0.29, 0.717) is 24.2 Å². The monoisotopic (exact) mass is 422 g/mol. The molecule has 0 unspecified atom stereocenters. The lowest BCUT2D eigenvalue weighted by atomic mass is 10.2. The standard InChI is InChI=1S/C19H22N2O5S2/c22-19(20-11-5-13-27(23,24)18-9-2-1-3-10-18)16-7-4-8-17(15-16)21-12-6-14-28(21,25)26/h1-4,7-10,15H,5-6,11-14H2,(H,20,22). The predicted octanol–water partition coefficient (Wildman–Crippen LogP) is 1.82. The SMILES string of the molecule is O=C(NCCCS(=O)(=O)c1ccccc1)c1cccc(N2CCCS2(=O)=O)c1. The Morgan fingerprint density at radius 3 is 2.50 bits per heavy atom. The van der Waals surface area contributed by atoms with E-state index < -0.39 is 19.9 Å². The Balaban J connectivity index is 1.56. The van der Waals surface area contributed by atoms with Crippen LogP contribution in [0.5, 0.6) is 0 Å². The second-order valence-corrected chi connectivity index (χ2v) is 10.7. The minimum absolute atomic E-state index is 0.0661. The fourth-order valence-electron chi connectivity index (χ4n) is 3.04. The number of sulfone groups is 1. The number of nitrogens with zero attached hydrogens (tertiary/aromatic N) is 1. The van der Waals surface area contributed by atoms with Gasteiger partial charge in [-0.25, -0.2) is 16.8 Å². The van der Waals surface area contributed by atoms with E-state index >= 15 is 0 Å². The van der Waals surface area contributed by atoms with Gasteiger partial charge < -0.3 is 5.32 Å². The summed E-state index contributed by atoms with van der Waals surface area (Å²) in [6, 6.07) is 14.6. The molecule has 1 amide bonds. The Morgan fingerprint density at radius 1 is 1.07 bits per heavy atom. The van der Waals surface area contributed by atoms with Gasteiger partial charge in [0.15, 0.2) is 9.84 Å². The van der Waals surface area contributed by atoms with Gasteiger partial charge in [0.2, 0.25) is 10.0 Å². The molecule has 3 rings (SSSR count). The third-order valence-electron chi connectivity index (χ3n) is 4.47. The van der Waals surface area contributed by atoms with Gasteiger partial charge in [0.25, 0.3) is 5.91 Å². The first-order chi connectivity index (χ1) is 13.3. The van der Waals surface area contributed by atoms with Crippen LogP contribution in [-0.2, 0) is 19.9 Å². The topological polar surface area (TPSA) is 101 Å². The Bertz CT molecular complexity index is 1050. The second-order valence-electron chi connectivity index (χ2n) is 6.53. The molecule has 7 nitrogen and oxygen atoms in total. The van der Waals surface area contributed by atoms with E-state index in [4.69, 9.17) is 0 Å². The van der Waals surface area contributed by atoms with Crippen molar-refractivity contribution in [2.75, 3.05) is 28.9 Å². The lowest BCUT2D eigenvalue weighted by Gasteiger charge is -2.17. The zero-order valence-corrected chi connectivity index (χ0v) is 16.9. The van der Waals surface area contributed by atoms with Crippen molar-refractivity contribution in [3.63, 3.8) is 0 Å². The molecule has 1 heterocycles. The predicted molar refractivity (Wildman–Crippen MR) is 108 cm³/mol. The van der Waals surface area contributed by atoms with Gasteiger partial charge in [-0.05, 0) is 43.2 Å². The van der Waals surface area contributed by atoms with Crippen molar-refractivity contribution < 1.29 is 21.6 Å². The maximum atomic E-state index is 12.3. The summed E-state index contributed by atoms with van der Waals surface area (Å²) in [4.78, 5) is 12.6. The van der Waals surface area contributed by atoms with Gasteiger partial charge in [0.1, 0.15) is 0 Å². The highest BCUT2D eigenvalue weighted by Crippen LogP contribution is 2.24. The fraction of sp³-hybridized carbons (Fsp3) is 0.316. The van der Waals surface area contributed by atoms with E-state index in [0.717, 1.165) is 0 Å². The van der Waals surface area contributed by atoms with Crippen LogP contribution in [0.4, 0.5) is 5.69 Å². The largest absolute Gasteiger partial charge is 0.352 e. The number of carbonyl (C=O) groups excluding carboxylic acids is 1. The third-order valence-corrected chi connectivity index (χ3v) is 8.16. The first-order valence-corrected chi connectivity index (χ1v) is 12.2. The Kier molecular flexibility index (Phi) is 6.04. The van der Waals surface area contributed by atoms with Gasteiger partial charge in [-0.1, -0.05) is 24.3 Å². The van der Waals surface area contributed by atoms with Crippen LogP contribution in [0.3, 0.4) is 0 Å². The third kappa shape index (κ3) is 4.71. The van der Waals surface area contributed by atoms with E-state index in [1.54, 1.807) is 54.6 Å². The van der Waals surface area contributed by atoms with Crippen molar-refractivity contribution in [1.82, 2.24) is 5.32 Å². The molecule has 2 aromatic rings. The van der Waals surface area contributed by atoms with Gasteiger partial charge in [-0.2, -0.15) is 0 Å². The molecule has 0 spiro atoms. The summed E-state index contributed by atoms with van der Waals surface area (Å²) < 4.78 is 49.8. The van der Waals surface area contributed by atoms with Crippen LogP contribution in [0.25, 0.3) is 0 Å². The van der Waals surface area contributed by atoms with Gasteiger partial charge >= 0.3 is 0 Å². The van der Waals surface area contributed by atoms with E-state index in [1.807, 2.05) is 0 Å². The first-order valence-electron chi connectivity index (χ1n) is 8.96. The Morgan fingerprint density at radius 2 is 1.82 bits per heavy atom. The molecular formula is C19H22N2O5S2. The van der Waals surface area contributed by atoms with Crippen LogP contribution in [-0.4, -0.2) is 47.3 Å². The molecule has 0 radical (unpaired) electrons. The summed E-state index contributed by atoms with van der Waals surface area (Å²) in [6.07, 6.45) is 0.845. The van der Waals surface area contributed by atoms with Crippen molar-refractivity contribution in [3.05, 3.63) is 60.2 Å². The molecule has 1 aliphatic rings. The number of hydrogen-bond acceptors (Lipinski definition) is 5. The van der Waals surface area contributed by atoms with Crippen LogP contribution < -0.4 is 9.62 Å². The van der Waals surface area contributed by atoms with Gasteiger partial charge in [-0.3, -0.25) is 9.10 Å². The molecule has 9 heteroatoms. The molecular weight excluding hydrogens is 400 g/mol. The zero-order valence-electron chi connectivity index (χ0n) is 15.2. The maximum absolute atomic E-state index is 12.3. The average Bonchev–Trinajstić information content (AvgIpc) is 3.05. The molecule has 150 valence electrons. The fourth-order valence-corrected chi connectivity index (χ4v) is 5.93. The van der Waals surface area contributed by atoms with Crippen LogP contribution in [0.1, 0.15) is 23.2 Å². The summed E-state index contributed by atoms with van der Waals surface area (Å²) in [7, 11) is -6.69. The Labute approximate surface area is 165 Å². The smallest absolute Gasteiger partial charge is 0.251 e. The summed E-state index contributed by atoms with van der Waals surface area (Å²) in [5.74, 6) is -0.321. The number of benzene rings is 2. The maximum Gasteiger partial charge on any atom is 0.251 e. The first kappa shape index (κ1) is 20.3. The number of rotatable bonds is 7. The van der Waals surface area contributed by atoms with E-state index in [9.17, 15) is 21.6 Å². The minimum atomic E-state index is -3.38. The summed E-state index contributed by atoms with van der Waals surface area (Å²) in [5, 5.41) is 2.69. The van der Waals surface area contributed by atoms with E-state index in [2.05, 4.69) is 5.32 Å². The van der Waals surface area contributed by atoms with Gasteiger partial charge in [0.05, 0.1) is 22.1 Å². The molecule has 0 aliphatic carbocycles. The number of sulfonamides is 1. The minimum Gasteiger partial charge on any atom is -0.352 e. The van der Waals surface area contributed by atoms with Gasteiger partial charge in [0, 0.05) is 18.7 Å². The lowest BCUT2D eigenvalue weighted by Crippen LogP contribution is -2.27. The molecule has 28 heavy (non-hydrogen) atoms. The zero-order chi connectivity index (χ0) is 20.2. The molecule has 0 saturated carbocycles. The van der Waals surface area contributed by atoms with E-state index in [-0.39, 0.29) is 35.3 Å². The highest BCUT2D eigenvalue weighted by Gasteiger charge is 2.28. The molecule has 1 saturated heterocycles. The van der Waals surface area contributed by atoms with Gasteiger partial charge in [-0.15, -0.1) is 0 Å². The number of anilines is 1. The normalized spacial score (nSPS) is 16.1. The number of nitrogens with one attached hydrogen (secondary N) is 1. The van der Waals surface area contributed by atoms with Crippen molar-refractivity contribution >= 4 is 31.5 Å². The Hall–Kier alpha value is -2.39. The molecule has 0 bridgehead atoms. The highest BCUT2D eigenvalue weighted by molar-refractivity contribution is 7.93. The summed E-state index contributed by atoms with van der Waals surface area (Å²) >= 11 is 0. The number of amides is 1. The molecule has 1 aliphatic heterocycles. The average molecular weight is 423 g/mol.